The quantitative estimate of drug-likeness (QED) is 0.208. The Morgan fingerprint density at radius 2 is 0.977 bits per heavy atom. The number of anilines is 3. The third-order valence-corrected chi connectivity index (χ3v) is 9.98. The molecule has 44 heavy (non-hydrogen) atoms. The largest absolute Gasteiger partial charge is 0.456 e. The second kappa shape index (κ2) is 8.96. The van der Waals surface area contributed by atoms with Crippen LogP contribution in [0.4, 0.5) is 17.1 Å². The third kappa shape index (κ3) is 3.37. The number of nitrogens with zero attached hydrogens (tertiary/aromatic N) is 1. The summed E-state index contributed by atoms with van der Waals surface area (Å²) in [6.45, 7) is 0. The Kier molecular flexibility index (Phi) is 4.87. The zero-order chi connectivity index (χ0) is 28.8. The van der Waals surface area contributed by atoms with Crippen LogP contribution < -0.4 is 4.90 Å². The highest BCUT2D eigenvalue weighted by atomic mass is 32.1. The summed E-state index contributed by atoms with van der Waals surface area (Å²) in [5.74, 6) is 0. The van der Waals surface area contributed by atoms with Crippen LogP contribution in [0, 0.1) is 0 Å². The van der Waals surface area contributed by atoms with E-state index in [4.69, 9.17) is 8.83 Å². The van der Waals surface area contributed by atoms with E-state index in [-0.39, 0.29) is 0 Å². The van der Waals surface area contributed by atoms with Crippen LogP contribution in [-0.2, 0) is 0 Å². The van der Waals surface area contributed by atoms with Crippen molar-refractivity contribution in [1.29, 1.82) is 0 Å². The Morgan fingerprint density at radius 3 is 1.84 bits per heavy atom. The molecule has 0 N–H and O–H groups in total. The van der Waals surface area contributed by atoms with E-state index in [2.05, 4.69) is 126 Å². The number of fused-ring (bicyclic) bond motifs is 11. The van der Waals surface area contributed by atoms with Gasteiger partial charge in [0.2, 0.25) is 0 Å². The van der Waals surface area contributed by atoms with Crippen LogP contribution in [0.3, 0.4) is 0 Å². The van der Waals surface area contributed by atoms with Crippen LogP contribution in [0.15, 0.2) is 148 Å². The molecular formula is C40H23NO2S. The first-order valence-corrected chi connectivity index (χ1v) is 15.6. The van der Waals surface area contributed by atoms with Crippen molar-refractivity contribution in [2.75, 3.05) is 4.90 Å². The molecule has 3 heterocycles. The lowest BCUT2D eigenvalue weighted by Gasteiger charge is -2.27. The molecule has 0 bridgehead atoms. The van der Waals surface area contributed by atoms with E-state index in [1.54, 1.807) is 0 Å². The van der Waals surface area contributed by atoms with Crippen LogP contribution in [0.2, 0.25) is 0 Å². The summed E-state index contributed by atoms with van der Waals surface area (Å²) in [6.07, 6.45) is 0. The lowest BCUT2D eigenvalue weighted by atomic mass is 10.0. The van der Waals surface area contributed by atoms with Crippen LogP contribution >= 0.6 is 11.3 Å². The number of rotatable bonds is 3. The zero-order valence-electron chi connectivity index (χ0n) is 23.5. The molecule has 0 amide bonds. The first-order valence-electron chi connectivity index (χ1n) is 14.8. The van der Waals surface area contributed by atoms with Gasteiger partial charge < -0.3 is 13.7 Å². The van der Waals surface area contributed by atoms with Crippen molar-refractivity contribution in [3.8, 4) is 0 Å². The molecule has 4 heteroatoms. The summed E-state index contributed by atoms with van der Waals surface area (Å²) in [4.78, 5) is 2.38. The Bertz CT molecular complexity index is 2750. The minimum Gasteiger partial charge on any atom is -0.456 e. The van der Waals surface area contributed by atoms with E-state index in [1.807, 2.05) is 29.5 Å². The molecule has 7 aromatic carbocycles. The molecule has 0 atom stereocenters. The predicted octanol–water partition coefficient (Wildman–Crippen LogP) is 12.5. The van der Waals surface area contributed by atoms with Gasteiger partial charge in [-0.25, -0.2) is 0 Å². The van der Waals surface area contributed by atoms with Crippen molar-refractivity contribution in [3.05, 3.63) is 140 Å². The molecule has 0 aliphatic carbocycles. The second-order valence-electron chi connectivity index (χ2n) is 11.3. The van der Waals surface area contributed by atoms with Gasteiger partial charge in [-0.2, -0.15) is 0 Å². The van der Waals surface area contributed by atoms with Crippen molar-refractivity contribution in [2.45, 2.75) is 0 Å². The van der Waals surface area contributed by atoms with E-state index >= 15 is 0 Å². The fourth-order valence-electron chi connectivity index (χ4n) is 6.89. The summed E-state index contributed by atoms with van der Waals surface area (Å²) in [5, 5.41) is 9.41. The second-order valence-corrected chi connectivity index (χ2v) is 12.4. The Labute approximate surface area is 255 Å². The molecule has 3 nitrogen and oxygen atoms in total. The Morgan fingerprint density at radius 1 is 0.386 bits per heavy atom. The number of hydrogen-bond acceptors (Lipinski definition) is 4. The van der Waals surface area contributed by atoms with Crippen molar-refractivity contribution in [2.24, 2.45) is 0 Å². The summed E-state index contributed by atoms with van der Waals surface area (Å²) in [5.41, 5.74) is 6.78. The SMILES string of the molecule is c1ccc2c(c1)oc1ccc(N(c3ccc4c(c3)sc3ccccc34)c3cc4oc5ccccc5c4c4ccccc34)cc12. The minimum atomic E-state index is 0.877. The molecule has 206 valence electrons. The van der Waals surface area contributed by atoms with Gasteiger partial charge in [0.15, 0.2) is 0 Å². The summed E-state index contributed by atoms with van der Waals surface area (Å²) >= 11 is 1.84. The molecule has 0 unspecified atom stereocenters. The van der Waals surface area contributed by atoms with E-state index < -0.39 is 0 Å². The highest BCUT2D eigenvalue weighted by Gasteiger charge is 2.22. The molecule has 3 aromatic heterocycles. The number of hydrogen-bond donors (Lipinski definition) is 0. The normalized spacial score (nSPS) is 12.1. The molecule has 10 rings (SSSR count). The molecule has 10 aromatic rings. The van der Waals surface area contributed by atoms with Gasteiger partial charge in [0.05, 0.1) is 5.69 Å². The fourth-order valence-corrected chi connectivity index (χ4v) is 8.03. The standard InChI is InChI=1S/C40H23NO2S/c1-2-12-30-26(9-1)33(23-37-40(30)31-13-4-7-15-35(31)43-37)41(24-18-20-36-32(21-24)27-10-3-6-14-34(27)42-36)25-17-19-29-28-11-5-8-16-38(28)44-39(29)22-25/h1-23H. The predicted molar refractivity (Wildman–Crippen MR) is 186 cm³/mol. The molecule has 0 saturated heterocycles. The van der Waals surface area contributed by atoms with E-state index in [0.717, 1.165) is 60.9 Å². The molecule has 0 aliphatic rings. The average Bonchev–Trinajstić information content (AvgIpc) is 3.75. The van der Waals surface area contributed by atoms with Crippen LogP contribution in [0.5, 0.6) is 0 Å². The highest BCUT2D eigenvalue weighted by Crippen LogP contribution is 2.47. The van der Waals surface area contributed by atoms with Gasteiger partial charge in [-0.15, -0.1) is 11.3 Å². The van der Waals surface area contributed by atoms with Gasteiger partial charge in [-0.3, -0.25) is 0 Å². The summed E-state index contributed by atoms with van der Waals surface area (Å²) < 4.78 is 15.3. The van der Waals surface area contributed by atoms with Crippen LogP contribution in [0.1, 0.15) is 0 Å². The smallest absolute Gasteiger partial charge is 0.138 e. The van der Waals surface area contributed by atoms with Gasteiger partial charge in [0.25, 0.3) is 0 Å². The van der Waals surface area contributed by atoms with E-state index in [1.165, 1.54) is 30.9 Å². The lowest BCUT2D eigenvalue weighted by Crippen LogP contribution is -2.10. The first kappa shape index (κ1) is 23.9. The number of para-hydroxylation sites is 2. The number of thiophene rings is 1. The maximum absolute atomic E-state index is 6.51. The number of benzene rings is 7. The minimum absolute atomic E-state index is 0.877. The van der Waals surface area contributed by atoms with Gasteiger partial charge in [-0.05, 0) is 53.9 Å². The molecule has 0 fully saturated rings. The third-order valence-electron chi connectivity index (χ3n) is 8.84. The van der Waals surface area contributed by atoms with Gasteiger partial charge in [0.1, 0.15) is 22.3 Å². The summed E-state index contributed by atoms with van der Waals surface area (Å²) in [6, 6.07) is 49.5. The van der Waals surface area contributed by atoms with Crippen molar-refractivity contribution >= 4 is 103 Å². The highest BCUT2D eigenvalue weighted by molar-refractivity contribution is 7.25. The van der Waals surface area contributed by atoms with Crippen molar-refractivity contribution < 1.29 is 8.83 Å². The van der Waals surface area contributed by atoms with E-state index in [0.29, 0.717) is 0 Å². The maximum Gasteiger partial charge on any atom is 0.138 e. The van der Waals surface area contributed by atoms with Gasteiger partial charge in [0, 0.05) is 64.5 Å². The van der Waals surface area contributed by atoms with Crippen molar-refractivity contribution in [1.82, 2.24) is 0 Å². The van der Waals surface area contributed by atoms with E-state index in [9.17, 15) is 0 Å². The lowest BCUT2D eigenvalue weighted by molar-refractivity contribution is 0.668. The Hall–Kier alpha value is -5.58. The van der Waals surface area contributed by atoms with Gasteiger partial charge >= 0.3 is 0 Å². The average molecular weight is 582 g/mol. The fraction of sp³-hybridized carbons (Fsp3) is 0. The molecular weight excluding hydrogens is 559 g/mol. The zero-order valence-corrected chi connectivity index (χ0v) is 24.3. The Balaban J connectivity index is 1.30. The first-order chi connectivity index (χ1) is 21.8. The molecule has 0 aliphatic heterocycles. The maximum atomic E-state index is 6.51. The van der Waals surface area contributed by atoms with Crippen molar-refractivity contribution in [3.63, 3.8) is 0 Å². The van der Waals surface area contributed by atoms with Gasteiger partial charge in [-0.1, -0.05) is 84.9 Å². The molecule has 0 spiro atoms. The topological polar surface area (TPSA) is 29.5 Å². The summed E-state index contributed by atoms with van der Waals surface area (Å²) in [7, 11) is 0. The molecule has 0 radical (unpaired) electrons. The monoisotopic (exact) mass is 581 g/mol. The molecule has 0 saturated carbocycles. The van der Waals surface area contributed by atoms with Crippen LogP contribution in [0.25, 0.3) is 74.8 Å². The van der Waals surface area contributed by atoms with Crippen LogP contribution in [-0.4, -0.2) is 0 Å². The number of furan rings is 2.